The maximum absolute atomic E-state index is 6.03. The van der Waals surface area contributed by atoms with Gasteiger partial charge in [-0.25, -0.2) is 4.99 Å². The number of rotatable bonds is 6. The van der Waals surface area contributed by atoms with Gasteiger partial charge >= 0.3 is 0 Å². The maximum Gasteiger partial charge on any atom is 0.189 e. The first kappa shape index (κ1) is 21.7. The van der Waals surface area contributed by atoms with Crippen LogP contribution in [0, 0.1) is 0 Å². The Morgan fingerprint density at radius 1 is 1.20 bits per heavy atom. The van der Waals surface area contributed by atoms with Crippen LogP contribution in [0.1, 0.15) is 11.3 Å². The van der Waals surface area contributed by atoms with Gasteiger partial charge in [0.25, 0.3) is 0 Å². The van der Waals surface area contributed by atoms with E-state index >= 15 is 0 Å². The second-order valence-corrected chi connectivity index (χ2v) is 5.84. The number of hydrogen-bond acceptors (Lipinski definition) is 3. The van der Waals surface area contributed by atoms with Gasteiger partial charge < -0.3 is 25.1 Å². The molecule has 138 valence electrons. The number of benzene rings is 1. The van der Waals surface area contributed by atoms with Gasteiger partial charge in [0.1, 0.15) is 5.15 Å². The molecule has 0 spiro atoms. The number of guanidine groups is 1. The van der Waals surface area contributed by atoms with Crippen molar-refractivity contribution in [3.05, 3.63) is 45.7 Å². The van der Waals surface area contributed by atoms with E-state index in [1.807, 2.05) is 25.2 Å². The smallest absolute Gasteiger partial charge is 0.189 e. The summed E-state index contributed by atoms with van der Waals surface area (Å²) in [4.78, 5) is 4.31. The molecule has 2 rings (SSSR count). The highest BCUT2D eigenvalue weighted by Gasteiger charge is 2.09. The van der Waals surface area contributed by atoms with Gasteiger partial charge in [-0.15, -0.1) is 24.0 Å². The molecule has 0 radical (unpaired) electrons. The van der Waals surface area contributed by atoms with Gasteiger partial charge in [-0.2, -0.15) is 0 Å². The number of nitrogens with two attached hydrogens (primary N) is 1. The number of aliphatic imine (C=N–C) groups is 1. The lowest BCUT2D eigenvalue weighted by Gasteiger charge is -2.09. The summed E-state index contributed by atoms with van der Waals surface area (Å²) in [6, 6.07) is 7.40. The molecule has 0 atom stereocenters. The normalized spacial score (nSPS) is 11.0. The van der Waals surface area contributed by atoms with Crippen LogP contribution < -0.4 is 20.5 Å². The molecule has 3 N–H and O–H groups in total. The average Bonchev–Trinajstić information content (AvgIpc) is 2.84. The fraction of sp³-hybridized carbons (Fsp3) is 0.312. The van der Waals surface area contributed by atoms with Gasteiger partial charge in [-0.05, 0) is 23.8 Å². The van der Waals surface area contributed by atoms with Crippen LogP contribution in [-0.4, -0.2) is 24.7 Å². The molecule has 6 nitrogen and oxygen atoms in total. The summed E-state index contributed by atoms with van der Waals surface area (Å²) in [5.41, 5.74) is 7.77. The van der Waals surface area contributed by atoms with Crippen LogP contribution in [0.2, 0.25) is 10.2 Å². The number of nitrogens with one attached hydrogen (secondary N) is 1. The lowest BCUT2D eigenvalue weighted by Crippen LogP contribution is -2.31. The average molecular weight is 499 g/mol. The highest BCUT2D eigenvalue weighted by atomic mass is 127. The molecule has 1 heterocycles. The third-order valence-electron chi connectivity index (χ3n) is 3.55. The van der Waals surface area contributed by atoms with Crippen LogP contribution in [0.3, 0.4) is 0 Å². The zero-order valence-corrected chi connectivity index (χ0v) is 18.0. The number of aromatic nitrogens is 1. The van der Waals surface area contributed by atoms with E-state index in [0.717, 1.165) is 11.3 Å². The van der Waals surface area contributed by atoms with Crippen molar-refractivity contribution < 1.29 is 9.47 Å². The van der Waals surface area contributed by atoms with Crippen LogP contribution >= 0.6 is 47.2 Å². The Hall–Kier alpha value is -1.32. The van der Waals surface area contributed by atoms with E-state index in [9.17, 15) is 0 Å². The van der Waals surface area contributed by atoms with Crippen LogP contribution in [-0.2, 0) is 20.1 Å². The fourth-order valence-corrected chi connectivity index (χ4v) is 2.57. The SMILES string of the molecule is COc1ccc(CN=C(N)NCc2cc(Cl)c(Cl)n2C)cc1OC.I. The molecule has 0 saturated heterocycles. The second-order valence-electron chi connectivity index (χ2n) is 5.08. The van der Waals surface area contributed by atoms with E-state index in [-0.39, 0.29) is 24.0 Å². The quantitative estimate of drug-likeness (QED) is 0.362. The zero-order valence-electron chi connectivity index (χ0n) is 14.2. The summed E-state index contributed by atoms with van der Waals surface area (Å²) < 4.78 is 12.3. The Labute approximate surface area is 174 Å². The zero-order chi connectivity index (χ0) is 17.7. The Bertz CT molecular complexity index is 750. The number of methoxy groups -OCH3 is 2. The number of nitrogens with zero attached hydrogens (tertiary/aromatic N) is 2. The molecular weight excluding hydrogens is 478 g/mol. The van der Waals surface area contributed by atoms with Crippen LogP contribution in [0.15, 0.2) is 29.3 Å². The first-order chi connectivity index (χ1) is 11.5. The Morgan fingerprint density at radius 2 is 1.88 bits per heavy atom. The molecule has 0 bridgehead atoms. The summed E-state index contributed by atoms with van der Waals surface area (Å²) in [5.74, 6) is 1.66. The third kappa shape index (κ3) is 5.58. The van der Waals surface area contributed by atoms with E-state index in [1.54, 1.807) is 24.9 Å². The van der Waals surface area contributed by atoms with Crippen LogP contribution in [0.5, 0.6) is 11.5 Å². The predicted molar refractivity (Wildman–Crippen MR) is 113 cm³/mol. The minimum Gasteiger partial charge on any atom is -0.493 e. The van der Waals surface area contributed by atoms with Crippen molar-refractivity contribution in [2.75, 3.05) is 14.2 Å². The van der Waals surface area contributed by atoms with E-state index in [2.05, 4.69) is 10.3 Å². The van der Waals surface area contributed by atoms with Crippen molar-refractivity contribution >= 4 is 53.1 Å². The van der Waals surface area contributed by atoms with Crippen molar-refractivity contribution in [3.8, 4) is 11.5 Å². The first-order valence-electron chi connectivity index (χ1n) is 7.20. The Balaban J connectivity index is 0.00000312. The van der Waals surface area contributed by atoms with Crippen molar-refractivity contribution in [3.63, 3.8) is 0 Å². The maximum atomic E-state index is 6.03. The van der Waals surface area contributed by atoms with Gasteiger partial charge in [0, 0.05) is 12.7 Å². The standard InChI is InChI=1S/C16H20Cl2N4O2.HI/c1-22-11(7-12(17)15(22)18)9-21-16(19)20-8-10-4-5-13(23-2)14(6-10)24-3;/h4-7H,8-9H2,1-3H3,(H3,19,20,21);1H. The van der Waals surface area contributed by atoms with E-state index in [0.29, 0.717) is 40.7 Å². The van der Waals surface area contributed by atoms with Gasteiger partial charge in [0.2, 0.25) is 0 Å². The minimum absolute atomic E-state index is 0. The highest BCUT2D eigenvalue weighted by molar-refractivity contribution is 14.0. The van der Waals surface area contributed by atoms with Gasteiger partial charge in [-0.3, -0.25) is 0 Å². The lowest BCUT2D eigenvalue weighted by atomic mass is 10.2. The Morgan fingerprint density at radius 3 is 2.44 bits per heavy atom. The number of halogens is 3. The molecule has 0 aliphatic rings. The monoisotopic (exact) mass is 498 g/mol. The number of ether oxygens (including phenoxy) is 2. The third-order valence-corrected chi connectivity index (χ3v) is 4.39. The minimum atomic E-state index is 0. The molecule has 0 aliphatic carbocycles. The highest BCUT2D eigenvalue weighted by Crippen LogP contribution is 2.28. The first-order valence-corrected chi connectivity index (χ1v) is 7.96. The van der Waals surface area contributed by atoms with Gasteiger partial charge in [0.05, 0.1) is 32.3 Å². The molecule has 0 unspecified atom stereocenters. The van der Waals surface area contributed by atoms with E-state index < -0.39 is 0 Å². The summed E-state index contributed by atoms with van der Waals surface area (Å²) in [5, 5.41) is 4.04. The van der Waals surface area contributed by atoms with Gasteiger partial charge in [-0.1, -0.05) is 29.3 Å². The predicted octanol–water partition coefficient (Wildman–Crippen LogP) is 3.57. The topological polar surface area (TPSA) is 73.8 Å². The summed E-state index contributed by atoms with van der Waals surface area (Å²) in [7, 11) is 5.03. The largest absolute Gasteiger partial charge is 0.493 e. The molecule has 1 aromatic carbocycles. The van der Waals surface area contributed by atoms with Crippen molar-refractivity contribution in [2.45, 2.75) is 13.1 Å². The second kappa shape index (κ2) is 9.98. The molecule has 0 amide bonds. The molecule has 2 aromatic rings. The molecule has 25 heavy (non-hydrogen) atoms. The van der Waals surface area contributed by atoms with Crippen LogP contribution in [0.4, 0.5) is 0 Å². The summed E-state index contributed by atoms with van der Waals surface area (Å²) in [6.45, 7) is 0.901. The molecule has 0 aliphatic heterocycles. The van der Waals surface area contributed by atoms with Crippen molar-refractivity contribution in [1.29, 1.82) is 0 Å². The van der Waals surface area contributed by atoms with Gasteiger partial charge in [0.15, 0.2) is 17.5 Å². The van der Waals surface area contributed by atoms with Crippen molar-refractivity contribution in [2.24, 2.45) is 17.8 Å². The molecule has 0 saturated carbocycles. The van der Waals surface area contributed by atoms with Crippen LogP contribution in [0.25, 0.3) is 0 Å². The lowest BCUT2D eigenvalue weighted by molar-refractivity contribution is 0.354. The number of hydrogen-bond donors (Lipinski definition) is 2. The van der Waals surface area contributed by atoms with E-state index in [1.165, 1.54) is 0 Å². The van der Waals surface area contributed by atoms with E-state index in [4.69, 9.17) is 38.4 Å². The fourth-order valence-electron chi connectivity index (χ4n) is 2.15. The summed E-state index contributed by atoms with van der Waals surface area (Å²) >= 11 is 12.0. The Kier molecular flexibility index (Phi) is 8.67. The molecular formula is C16H21Cl2IN4O2. The molecule has 9 heteroatoms. The summed E-state index contributed by atoms with van der Waals surface area (Å²) in [6.07, 6.45) is 0. The molecule has 1 aromatic heterocycles. The molecule has 0 fully saturated rings. The van der Waals surface area contributed by atoms with Crippen molar-refractivity contribution in [1.82, 2.24) is 9.88 Å².